The molecule has 0 bridgehead atoms. The first-order valence-electron chi connectivity index (χ1n) is 5.72. The van der Waals surface area contributed by atoms with Crippen LogP contribution in [-0.2, 0) is 4.79 Å². The standard InChI is InChI=1S/C10H14F2N4OS/c1-5-4-6(2-3-13-5)8(17)14-10-16-15-9(18-10)7(11)12/h5-7,13H,2-4H2,1H3,(H,14,16,17)/t5-,6-/m0/s1. The maximum atomic E-state index is 12.3. The molecule has 1 aromatic rings. The van der Waals surface area contributed by atoms with E-state index in [9.17, 15) is 13.6 Å². The van der Waals surface area contributed by atoms with Gasteiger partial charge in [-0.25, -0.2) is 8.78 Å². The van der Waals surface area contributed by atoms with Crippen LogP contribution >= 0.6 is 11.3 Å². The Morgan fingerprint density at radius 1 is 1.56 bits per heavy atom. The van der Waals surface area contributed by atoms with E-state index >= 15 is 0 Å². The first-order chi connectivity index (χ1) is 8.56. The van der Waals surface area contributed by atoms with Gasteiger partial charge in [-0.15, -0.1) is 10.2 Å². The van der Waals surface area contributed by atoms with Crippen molar-refractivity contribution in [1.29, 1.82) is 0 Å². The summed E-state index contributed by atoms with van der Waals surface area (Å²) in [7, 11) is 0. The topological polar surface area (TPSA) is 66.9 Å². The second kappa shape index (κ2) is 5.66. The summed E-state index contributed by atoms with van der Waals surface area (Å²) < 4.78 is 24.6. The Morgan fingerprint density at radius 3 is 2.94 bits per heavy atom. The number of piperidine rings is 1. The van der Waals surface area contributed by atoms with Crippen molar-refractivity contribution in [3.8, 4) is 0 Å². The second-order valence-electron chi connectivity index (χ2n) is 4.31. The maximum absolute atomic E-state index is 12.3. The molecule has 1 amide bonds. The van der Waals surface area contributed by atoms with E-state index in [-0.39, 0.29) is 22.0 Å². The smallest absolute Gasteiger partial charge is 0.291 e. The minimum absolute atomic E-state index is 0.0971. The molecule has 1 saturated heterocycles. The highest BCUT2D eigenvalue weighted by Crippen LogP contribution is 2.26. The molecule has 1 aliphatic heterocycles. The molecule has 0 spiro atoms. The molecule has 0 radical (unpaired) electrons. The lowest BCUT2D eigenvalue weighted by Gasteiger charge is -2.26. The largest absolute Gasteiger partial charge is 0.314 e. The lowest BCUT2D eigenvalue weighted by molar-refractivity contribution is -0.120. The van der Waals surface area contributed by atoms with Gasteiger partial charge in [0.1, 0.15) is 0 Å². The molecule has 1 fully saturated rings. The quantitative estimate of drug-likeness (QED) is 0.883. The van der Waals surface area contributed by atoms with Crippen LogP contribution in [0.4, 0.5) is 13.9 Å². The van der Waals surface area contributed by atoms with E-state index in [1.807, 2.05) is 6.92 Å². The molecule has 2 rings (SSSR count). The van der Waals surface area contributed by atoms with Gasteiger partial charge in [-0.05, 0) is 26.3 Å². The maximum Gasteiger partial charge on any atom is 0.291 e. The Kier molecular flexibility index (Phi) is 4.18. The molecule has 1 aromatic heterocycles. The first-order valence-corrected chi connectivity index (χ1v) is 6.53. The summed E-state index contributed by atoms with van der Waals surface area (Å²) >= 11 is 0.714. The molecule has 1 aliphatic rings. The molecular formula is C10H14F2N4OS. The number of alkyl halides is 2. The van der Waals surface area contributed by atoms with E-state index < -0.39 is 6.43 Å². The van der Waals surface area contributed by atoms with Gasteiger partial charge in [-0.3, -0.25) is 4.79 Å². The predicted molar refractivity (Wildman–Crippen MR) is 63.7 cm³/mol. The van der Waals surface area contributed by atoms with E-state index in [1.54, 1.807) is 0 Å². The fourth-order valence-corrected chi connectivity index (χ4v) is 2.55. The van der Waals surface area contributed by atoms with Crippen molar-refractivity contribution < 1.29 is 13.6 Å². The van der Waals surface area contributed by atoms with Crippen LogP contribution < -0.4 is 10.6 Å². The van der Waals surface area contributed by atoms with Crippen LogP contribution in [0.3, 0.4) is 0 Å². The molecule has 2 N–H and O–H groups in total. The van der Waals surface area contributed by atoms with Crippen molar-refractivity contribution in [3.05, 3.63) is 5.01 Å². The van der Waals surface area contributed by atoms with E-state index in [4.69, 9.17) is 0 Å². The highest BCUT2D eigenvalue weighted by atomic mass is 32.1. The van der Waals surface area contributed by atoms with Crippen molar-refractivity contribution in [3.63, 3.8) is 0 Å². The second-order valence-corrected chi connectivity index (χ2v) is 5.32. The third kappa shape index (κ3) is 3.20. The first kappa shape index (κ1) is 13.3. The summed E-state index contributed by atoms with van der Waals surface area (Å²) in [5.41, 5.74) is 0. The predicted octanol–water partition coefficient (Wildman–Crippen LogP) is 1.80. The number of hydrogen-bond acceptors (Lipinski definition) is 5. The van der Waals surface area contributed by atoms with Gasteiger partial charge in [0.15, 0.2) is 5.01 Å². The zero-order chi connectivity index (χ0) is 13.1. The van der Waals surface area contributed by atoms with Crippen LogP contribution in [-0.4, -0.2) is 28.7 Å². The summed E-state index contributed by atoms with van der Waals surface area (Å²) in [5, 5.41) is 12.4. The van der Waals surface area contributed by atoms with Gasteiger partial charge >= 0.3 is 0 Å². The fourth-order valence-electron chi connectivity index (χ4n) is 1.95. The summed E-state index contributed by atoms with van der Waals surface area (Å²) in [6.07, 6.45) is -1.16. The number of anilines is 1. The summed E-state index contributed by atoms with van der Waals surface area (Å²) in [4.78, 5) is 11.9. The summed E-state index contributed by atoms with van der Waals surface area (Å²) in [6.45, 7) is 2.80. The van der Waals surface area contributed by atoms with Gasteiger partial charge in [0.05, 0.1) is 0 Å². The minimum Gasteiger partial charge on any atom is -0.314 e. The summed E-state index contributed by atoms with van der Waals surface area (Å²) in [5.74, 6) is -0.263. The number of aromatic nitrogens is 2. The van der Waals surface area contributed by atoms with Crippen molar-refractivity contribution in [2.75, 3.05) is 11.9 Å². The van der Waals surface area contributed by atoms with Crippen LogP contribution in [0.2, 0.25) is 0 Å². The lowest BCUT2D eigenvalue weighted by Crippen LogP contribution is -2.40. The molecule has 0 aromatic carbocycles. The molecule has 2 heterocycles. The number of nitrogens with zero attached hydrogens (tertiary/aromatic N) is 2. The van der Waals surface area contributed by atoms with Gasteiger partial charge in [-0.1, -0.05) is 11.3 Å². The monoisotopic (exact) mass is 276 g/mol. The number of halogens is 2. The van der Waals surface area contributed by atoms with Crippen LogP contribution in [0.25, 0.3) is 0 Å². The average molecular weight is 276 g/mol. The number of rotatable bonds is 3. The number of hydrogen-bond donors (Lipinski definition) is 2. The molecule has 5 nitrogen and oxygen atoms in total. The van der Waals surface area contributed by atoms with Gasteiger partial charge in [0, 0.05) is 12.0 Å². The number of nitrogens with one attached hydrogen (secondary N) is 2. The Bertz CT molecular complexity index is 426. The highest BCUT2D eigenvalue weighted by Gasteiger charge is 2.25. The van der Waals surface area contributed by atoms with Gasteiger partial charge in [0.2, 0.25) is 11.0 Å². The third-order valence-electron chi connectivity index (χ3n) is 2.85. The van der Waals surface area contributed by atoms with Crippen LogP contribution in [0.5, 0.6) is 0 Å². The molecule has 0 aliphatic carbocycles. The number of amides is 1. The molecule has 2 atom stereocenters. The minimum atomic E-state index is -2.65. The average Bonchev–Trinajstić information content (AvgIpc) is 2.77. The van der Waals surface area contributed by atoms with Crippen LogP contribution in [0.15, 0.2) is 0 Å². The molecule has 8 heteroatoms. The Labute approximate surface area is 107 Å². The van der Waals surface area contributed by atoms with Crippen molar-refractivity contribution >= 4 is 22.4 Å². The molecule has 0 unspecified atom stereocenters. The van der Waals surface area contributed by atoms with Gasteiger partial charge < -0.3 is 10.6 Å². The van der Waals surface area contributed by atoms with E-state index in [2.05, 4.69) is 20.8 Å². The highest BCUT2D eigenvalue weighted by molar-refractivity contribution is 7.15. The zero-order valence-electron chi connectivity index (χ0n) is 9.82. The molecule has 100 valence electrons. The van der Waals surface area contributed by atoms with Gasteiger partial charge in [0.25, 0.3) is 6.43 Å². The number of carbonyl (C=O) groups is 1. The number of carbonyl (C=O) groups excluding carboxylic acids is 1. The SMILES string of the molecule is C[C@H]1C[C@@H](C(=O)Nc2nnc(C(F)F)s2)CCN1. The Balaban J connectivity index is 1.93. The third-order valence-corrected chi connectivity index (χ3v) is 3.70. The molecule has 0 saturated carbocycles. The van der Waals surface area contributed by atoms with E-state index in [0.717, 1.165) is 19.4 Å². The normalized spacial score (nSPS) is 24.2. The molecule has 18 heavy (non-hydrogen) atoms. The summed E-state index contributed by atoms with van der Waals surface area (Å²) in [6, 6.07) is 0.292. The Hall–Kier alpha value is -1.15. The van der Waals surface area contributed by atoms with E-state index in [1.165, 1.54) is 0 Å². The lowest BCUT2D eigenvalue weighted by atomic mass is 9.93. The van der Waals surface area contributed by atoms with Crippen LogP contribution in [0.1, 0.15) is 31.2 Å². The van der Waals surface area contributed by atoms with E-state index in [0.29, 0.717) is 17.4 Å². The van der Waals surface area contributed by atoms with Crippen molar-refractivity contribution in [2.45, 2.75) is 32.2 Å². The zero-order valence-corrected chi connectivity index (χ0v) is 10.6. The Morgan fingerprint density at radius 2 is 2.33 bits per heavy atom. The fraction of sp³-hybridized carbons (Fsp3) is 0.700. The van der Waals surface area contributed by atoms with Crippen LogP contribution in [0, 0.1) is 5.92 Å². The van der Waals surface area contributed by atoms with Gasteiger partial charge in [-0.2, -0.15) is 0 Å². The molecular weight excluding hydrogens is 262 g/mol. The van der Waals surface area contributed by atoms with Crippen molar-refractivity contribution in [2.24, 2.45) is 5.92 Å². The van der Waals surface area contributed by atoms with Crippen molar-refractivity contribution in [1.82, 2.24) is 15.5 Å².